The van der Waals surface area contributed by atoms with Gasteiger partial charge in [-0.2, -0.15) is 8.42 Å². The summed E-state index contributed by atoms with van der Waals surface area (Å²) in [4.78, 5) is 22.6. The van der Waals surface area contributed by atoms with Crippen LogP contribution in [0.15, 0.2) is 47.5 Å². The Labute approximate surface area is 216 Å². The van der Waals surface area contributed by atoms with Crippen LogP contribution in [0.3, 0.4) is 0 Å². The molecular weight excluding hydrogens is 502 g/mol. The number of amides is 1. The Kier molecular flexibility index (Phi) is 8.85. The summed E-state index contributed by atoms with van der Waals surface area (Å²) in [5.74, 6) is 1.70. The highest BCUT2D eigenvalue weighted by Gasteiger charge is 2.35. The molecule has 2 N–H and O–H groups in total. The van der Waals surface area contributed by atoms with E-state index in [1.807, 2.05) is 24.3 Å². The van der Waals surface area contributed by atoms with Crippen molar-refractivity contribution in [3.05, 3.63) is 59.2 Å². The molecule has 1 amide bonds. The van der Waals surface area contributed by atoms with Gasteiger partial charge in [-0.1, -0.05) is 24.3 Å². The lowest BCUT2D eigenvalue weighted by Gasteiger charge is -2.23. The first-order chi connectivity index (χ1) is 17.9. The van der Waals surface area contributed by atoms with Gasteiger partial charge in [-0.15, -0.1) is 0 Å². The maximum absolute atomic E-state index is 12.7. The highest BCUT2D eigenvalue weighted by molar-refractivity contribution is 7.86. The number of aliphatic imine (C=N–C) groups is 1. The van der Waals surface area contributed by atoms with Gasteiger partial charge in [0.05, 0.1) is 39.2 Å². The average molecular weight is 534 g/mol. The Balaban J connectivity index is 1.39. The van der Waals surface area contributed by atoms with E-state index in [4.69, 9.17) is 23.2 Å². The van der Waals surface area contributed by atoms with Crippen LogP contribution in [-0.2, 0) is 36.9 Å². The van der Waals surface area contributed by atoms with Crippen LogP contribution >= 0.6 is 0 Å². The second kappa shape index (κ2) is 12.3. The molecule has 0 saturated heterocycles. The van der Waals surface area contributed by atoms with Crippen LogP contribution in [0.25, 0.3) is 0 Å². The van der Waals surface area contributed by atoms with Crippen molar-refractivity contribution >= 4 is 22.0 Å². The number of carbonyl (C=O) groups is 1. The average Bonchev–Trinajstić information content (AvgIpc) is 3.54. The second-order valence-corrected chi connectivity index (χ2v) is 10.4. The molecule has 4 rings (SSSR count). The summed E-state index contributed by atoms with van der Waals surface area (Å²) < 4.78 is 44.0. The Hall–Kier alpha value is -3.35. The lowest BCUT2D eigenvalue weighted by atomic mass is 9.91. The minimum Gasteiger partial charge on any atom is -0.497 e. The third kappa shape index (κ3) is 7.12. The van der Waals surface area contributed by atoms with Gasteiger partial charge >= 0.3 is 6.09 Å². The number of hydrogen-bond donors (Lipinski definition) is 2. The van der Waals surface area contributed by atoms with Crippen LogP contribution in [0, 0.1) is 0 Å². The highest BCUT2D eigenvalue weighted by atomic mass is 32.2. The van der Waals surface area contributed by atoms with Crippen LogP contribution in [0.4, 0.5) is 4.79 Å². The molecule has 11 nitrogen and oxygen atoms in total. The Morgan fingerprint density at radius 2 is 1.97 bits per heavy atom. The lowest BCUT2D eigenvalue weighted by molar-refractivity contribution is 0.0589. The van der Waals surface area contributed by atoms with E-state index in [0.717, 1.165) is 28.9 Å². The molecule has 0 bridgehead atoms. The van der Waals surface area contributed by atoms with Crippen molar-refractivity contribution in [2.75, 3.05) is 39.2 Å². The molecule has 0 aliphatic carbocycles. The molecule has 37 heavy (non-hydrogen) atoms. The molecule has 0 saturated carbocycles. The molecule has 2 aliphatic rings. The number of fused-ring (bicyclic) bond motifs is 1. The zero-order valence-corrected chi connectivity index (χ0v) is 21.6. The van der Waals surface area contributed by atoms with Gasteiger partial charge in [0.25, 0.3) is 10.1 Å². The summed E-state index contributed by atoms with van der Waals surface area (Å²) in [6.45, 7) is 2.46. The van der Waals surface area contributed by atoms with E-state index >= 15 is 0 Å². The molecular formula is C25H31N3O8S. The number of alkyl carbamates (subject to hydrolysis) is 1. The number of amidine groups is 1. The normalized spacial score (nSPS) is 18.5. The third-order valence-electron chi connectivity index (χ3n) is 6.08. The predicted molar refractivity (Wildman–Crippen MR) is 135 cm³/mol. The van der Waals surface area contributed by atoms with Gasteiger partial charge in [0.1, 0.15) is 30.0 Å². The summed E-state index contributed by atoms with van der Waals surface area (Å²) in [7, 11) is -1.97. The molecule has 12 heteroatoms. The number of nitrogens with one attached hydrogen (secondary N) is 2. The molecule has 200 valence electrons. The fourth-order valence-corrected chi connectivity index (χ4v) is 4.53. The van der Waals surface area contributed by atoms with Crippen LogP contribution in [0.5, 0.6) is 11.5 Å². The first-order valence-corrected chi connectivity index (χ1v) is 13.6. The van der Waals surface area contributed by atoms with Crippen LogP contribution in [0.2, 0.25) is 0 Å². The zero-order valence-electron chi connectivity index (χ0n) is 20.8. The van der Waals surface area contributed by atoms with Gasteiger partial charge < -0.3 is 19.5 Å². The number of benzene rings is 2. The van der Waals surface area contributed by atoms with E-state index < -0.39 is 22.3 Å². The van der Waals surface area contributed by atoms with E-state index in [1.54, 1.807) is 19.2 Å². The van der Waals surface area contributed by atoms with E-state index in [-0.39, 0.29) is 31.5 Å². The van der Waals surface area contributed by atoms with E-state index in [0.29, 0.717) is 24.7 Å². The number of carbonyl (C=O) groups excluding carboxylic acids is 1. The summed E-state index contributed by atoms with van der Waals surface area (Å²) in [6.07, 6.45) is 0.220. The molecule has 0 aromatic heterocycles. The van der Waals surface area contributed by atoms with Crippen LogP contribution in [0.1, 0.15) is 29.5 Å². The summed E-state index contributed by atoms with van der Waals surface area (Å²) in [5, 5.41) is 2.89. The number of methoxy groups -OCH3 is 1. The van der Waals surface area contributed by atoms with Crippen molar-refractivity contribution in [2.24, 2.45) is 4.99 Å². The van der Waals surface area contributed by atoms with Gasteiger partial charge in [-0.25, -0.2) is 4.79 Å². The van der Waals surface area contributed by atoms with Crippen LogP contribution in [-0.4, -0.2) is 65.6 Å². The molecule has 0 radical (unpaired) electrons. The van der Waals surface area contributed by atoms with Crippen molar-refractivity contribution < 1.29 is 36.4 Å². The predicted octanol–water partition coefficient (Wildman–Crippen LogP) is 2.31. The minimum absolute atomic E-state index is 0.0340. The monoisotopic (exact) mass is 533 g/mol. The van der Waals surface area contributed by atoms with Crippen molar-refractivity contribution in [1.82, 2.24) is 10.8 Å². The zero-order chi connectivity index (χ0) is 26.3. The molecule has 0 unspecified atom stereocenters. The number of rotatable bonds is 11. The van der Waals surface area contributed by atoms with Crippen molar-refractivity contribution in [2.45, 2.75) is 31.9 Å². The molecule has 2 aromatic rings. The number of nitrogens with zero attached hydrogens (tertiary/aromatic N) is 1. The molecule has 2 aliphatic heterocycles. The maximum Gasteiger partial charge on any atom is 0.408 e. The standard InChI is InChI=1S/C25H31N3O8S/c1-3-37(30,31)36-13-12-35-28-24-23(27-25(29)34-16-17-4-7-20(32-2)8-5-17)21(15-26-24)18-6-9-22-19(14-18)10-11-33-22/h4-9,14,21,23H,3,10-13,15-16H2,1-2H3,(H,26,28)(H,27,29)/t21-,23-/m0/s1. The molecule has 2 aromatic carbocycles. The molecule has 2 heterocycles. The van der Waals surface area contributed by atoms with Crippen LogP contribution < -0.4 is 20.3 Å². The smallest absolute Gasteiger partial charge is 0.408 e. The van der Waals surface area contributed by atoms with Gasteiger partial charge in [0, 0.05) is 12.3 Å². The summed E-state index contributed by atoms with van der Waals surface area (Å²) in [6, 6.07) is 12.7. The summed E-state index contributed by atoms with van der Waals surface area (Å²) >= 11 is 0. The SMILES string of the molecule is CCS(=O)(=O)OCCONC1=NC[C@@H](c2ccc3c(c2)CCO3)[C@@H]1NC(=O)OCc1ccc(OC)cc1. The largest absolute Gasteiger partial charge is 0.497 e. The van der Waals surface area contributed by atoms with Gasteiger partial charge in [-0.05, 0) is 41.8 Å². The fourth-order valence-electron chi connectivity index (χ4n) is 4.04. The molecule has 0 spiro atoms. The van der Waals surface area contributed by atoms with Crippen molar-refractivity contribution in [1.29, 1.82) is 0 Å². The van der Waals surface area contributed by atoms with E-state index in [2.05, 4.69) is 21.9 Å². The first-order valence-electron chi connectivity index (χ1n) is 12.0. The highest BCUT2D eigenvalue weighted by Crippen LogP contribution is 2.32. The Bertz CT molecular complexity index is 1220. The second-order valence-electron chi connectivity index (χ2n) is 8.46. The number of ether oxygens (including phenoxy) is 3. The lowest BCUT2D eigenvalue weighted by Crippen LogP contribution is -2.48. The van der Waals surface area contributed by atoms with Crippen molar-refractivity contribution in [3.63, 3.8) is 0 Å². The van der Waals surface area contributed by atoms with Gasteiger partial charge in [0.15, 0.2) is 0 Å². The van der Waals surface area contributed by atoms with E-state index in [1.165, 1.54) is 6.92 Å². The quantitative estimate of drug-likeness (QED) is 0.254. The number of hydrogen-bond acceptors (Lipinski definition) is 10. The van der Waals surface area contributed by atoms with Crippen molar-refractivity contribution in [3.8, 4) is 11.5 Å². The fraction of sp³-hybridized carbons (Fsp3) is 0.440. The number of hydroxylamine groups is 1. The molecule has 0 fully saturated rings. The maximum atomic E-state index is 12.7. The summed E-state index contributed by atoms with van der Waals surface area (Å²) in [5.41, 5.74) is 5.68. The van der Waals surface area contributed by atoms with E-state index in [9.17, 15) is 13.2 Å². The third-order valence-corrected chi connectivity index (χ3v) is 7.31. The topological polar surface area (TPSA) is 134 Å². The molecule has 2 atom stereocenters. The van der Waals surface area contributed by atoms with Gasteiger partial charge in [0.2, 0.25) is 0 Å². The first kappa shape index (κ1) is 26.7. The Morgan fingerprint density at radius 1 is 1.16 bits per heavy atom. The van der Waals surface area contributed by atoms with Gasteiger partial charge in [-0.3, -0.25) is 19.5 Å². The minimum atomic E-state index is -3.56. The Morgan fingerprint density at radius 3 is 2.73 bits per heavy atom.